The maximum absolute atomic E-state index is 13.8. The lowest BCUT2D eigenvalue weighted by molar-refractivity contribution is 0.101. The van der Waals surface area contributed by atoms with Gasteiger partial charge in [0.15, 0.2) is 11.9 Å². The number of rotatable bonds is 4. The van der Waals surface area contributed by atoms with Gasteiger partial charge in [-0.3, -0.25) is 4.79 Å². The Balaban J connectivity index is 2.15. The van der Waals surface area contributed by atoms with E-state index in [9.17, 15) is 9.18 Å². The number of ether oxygens (including phenoxy) is 1. The van der Waals surface area contributed by atoms with Crippen LogP contribution in [-0.4, -0.2) is 10.8 Å². The average Bonchev–Trinajstić information content (AvgIpc) is 2.87. The van der Waals surface area contributed by atoms with E-state index >= 15 is 0 Å². The average molecular weight is 305 g/mol. The second-order valence-electron chi connectivity index (χ2n) is 6.27. The lowest BCUT2D eigenvalue weighted by Crippen LogP contribution is -2.09. The summed E-state index contributed by atoms with van der Waals surface area (Å²) in [4.78, 5) is 15.4. The zero-order valence-corrected chi connectivity index (χ0v) is 13.4. The Morgan fingerprint density at radius 2 is 2.05 bits per heavy atom. The van der Waals surface area contributed by atoms with Crippen LogP contribution in [0.1, 0.15) is 62.7 Å². The van der Waals surface area contributed by atoms with Gasteiger partial charge in [-0.2, -0.15) is 0 Å². The van der Waals surface area contributed by atoms with E-state index in [4.69, 9.17) is 9.15 Å². The number of nitrogens with zero attached hydrogens (tertiary/aromatic N) is 1. The van der Waals surface area contributed by atoms with Crippen LogP contribution < -0.4 is 4.74 Å². The molecule has 2 rings (SSSR count). The fourth-order valence-corrected chi connectivity index (χ4v) is 1.93. The fourth-order valence-electron chi connectivity index (χ4n) is 1.93. The molecule has 0 radical (unpaired) electrons. The third-order valence-corrected chi connectivity index (χ3v) is 3.24. The molecule has 1 atom stereocenters. The van der Waals surface area contributed by atoms with Crippen LogP contribution in [-0.2, 0) is 5.41 Å². The summed E-state index contributed by atoms with van der Waals surface area (Å²) in [5.41, 5.74) is -0.0913. The second kappa shape index (κ2) is 5.91. The van der Waals surface area contributed by atoms with Crippen molar-refractivity contribution in [3.8, 4) is 5.75 Å². The molecule has 0 aliphatic heterocycles. The van der Waals surface area contributed by atoms with Gasteiger partial charge in [-0.1, -0.05) is 20.8 Å². The summed E-state index contributed by atoms with van der Waals surface area (Å²) >= 11 is 0. The number of ketones is 1. The first-order valence-electron chi connectivity index (χ1n) is 7.12. The van der Waals surface area contributed by atoms with Crippen molar-refractivity contribution in [3.05, 3.63) is 47.4 Å². The second-order valence-corrected chi connectivity index (χ2v) is 6.27. The molecular weight excluding hydrogens is 285 g/mol. The Bertz CT molecular complexity index is 685. The van der Waals surface area contributed by atoms with Crippen molar-refractivity contribution in [1.82, 2.24) is 4.98 Å². The molecule has 0 fully saturated rings. The molecule has 0 saturated carbocycles. The lowest BCUT2D eigenvalue weighted by Gasteiger charge is -2.15. The summed E-state index contributed by atoms with van der Waals surface area (Å²) < 4.78 is 25.1. The number of halogens is 1. The summed E-state index contributed by atoms with van der Waals surface area (Å²) in [6, 6.07) is 4.17. The Morgan fingerprint density at radius 1 is 1.36 bits per heavy atom. The van der Waals surface area contributed by atoms with E-state index in [-0.39, 0.29) is 16.8 Å². The summed E-state index contributed by atoms with van der Waals surface area (Å²) in [7, 11) is 0. The van der Waals surface area contributed by atoms with Crippen molar-refractivity contribution in [1.29, 1.82) is 0 Å². The van der Waals surface area contributed by atoms with Gasteiger partial charge in [-0.05, 0) is 26.0 Å². The Kier molecular flexibility index (Phi) is 4.35. The third-order valence-electron chi connectivity index (χ3n) is 3.24. The van der Waals surface area contributed by atoms with Gasteiger partial charge in [0.1, 0.15) is 17.3 Å². The number of benzene rings is 1. The lowest BCUT2D eigenvalue weighted by atomic mass is 9.94. The number of carbonyl (C=O) groups excluding carboxylic acids is 1. The molecule has 0 spiro atoms. The number of aromatic nitrogens is 1. The van der Waals surface area contributed by atoms with Gasteiger partial charge >= 0.3 is 0 Å². The molecular formula is C17H20FNO3. The van der Waals surface area contributed by atoms with E-state index < -0.39 is 11.9 Å². The normalized spacial score (nSPS) is 13.0. The van der Waals surface area contributed by atoms with Gasteiger partial charge < -0.3 is 9.15 Å². The van der Waals surface area contributed by atoms with Crippen molar-refractivity contribution < 1.29 is 18.3 Å². The van der Waals surface area contributed by atoms with Crippen LogP contribution in [0.2, 0.25) is 0 Å². The van der Waals surface area contributed by atoms with E-state index in [2.05, 4.69) is 4.98 Å². The number of carbonyl (C=O) groups is 1. The third kappa shape index (κ3) is 3.53. The highest BCUT2D eigenvalue weighted by Gasteiger charge is 2.22. The first kappa shape index (κ1) is 16.2. The van der Waals surface area contributed by atoms with E-state index in [1.54, 1.807) is 19.2 Å². The molecule has 4 nitrogen and oxygen atoms in total. The Morgan fingerprint density at radius 3 is 2.55 bits per heavy atom. The van der Waals surface area contributed by atoms with Gasteiger partial charge in [0.2, 0.25) is 5.89 Å². The predicted molar refractivity (Wildman–Crippen MR) is 80.7 cm³/mol. The maximum Gasteiger partial charge on any atom is 0.235 e. The molecule has 118 valence electrons. The van der Waals surface area contributed by atoms with Crippen molar-refractivity contribution in [2.24, 2.45) is 0 Å². The topological polar surface area (TPSA) is 52.3 Å². The number of hydrogen-bond donors (Lipinski definition) is 0. The number of hydrogen-bond acceptors (Lipinski definition) is 4. The highest BCUT2D eigenvalue weighted by molar-refractivity contribution is 5.94. The molecule has 1 heterocycles. The highest BCUT2D eigenvalue weighted by atomic mass is 19.1. The summed E-state index contributed by atoms with van der Waals surface area (Å²) in [6.45, 7) is 9.17. The van der Waals surface area contributed by atoms with Crippen LogP contribution in [0.4, 0.5) is 4.39 Å². The SMILES string of the molecule is CC(=O)c1ccc(O[C@H](C)c2ncc(C(C)(C)C)o2)cc1F. The standard InChI is InChI=1S/C17H20FNO3/c1-10(20)13-7-6-12(8-14(13)18)21-11(2)16-19-9-15(22-16)17(3,4)5/h6-9,11H,1-5H3/t11-/m1/s1. The van der Waals surface area contributed by atoms with E-state index in [0.717, 1.165) is 5.76 Å². The smallest absolute Gasteiger partial charge is 0.235 e. The van der Waals surface area contributed by atoms with Crippen molar-refractivity contribution in [2.75, 3.05) is 0 Å². The first-order valence-corrected chi connectivity index (χ1v) is 7.12. The number of Topliss-reactive ketones (excluding diaryl/α,β-unsaturated/α-hetero) is 1. The predicted octanol–water partition coefficient (Wildman–Crippen LogP) is 4.45. The zero-order valence-electron chi connectivity index (χ0n) is 13.4. The molecule has 0 unspecified atom stereocenters. The fraction of sp³-hybridized carbons (Fsp3) is 0.412. The van der Waals surface area contributed by atoms with Gasteiger partial charge in [0.25, 0.3) is 0 Å². The van der Waals surface area contributed by atoms with Gasteiger partial charge in [-0.15, -0.1) is 0 Å². The van der Waals surface area contributed by atoms with Crippen molar-refractivity contribution >= 4 is 5.78 Å². The molecule has 0 N–H and O–H groups in total. The zero-order chi connectivity index (χ0) is 16.5. The van der Waals surface area contributed by atoms with Crippen molar-refractivity contribution in [2.45, 2.75) is 46.1 Å². The Labute approximate surface area is 129 Å². The largest absolute Gasteiger partial charge is 0.481 e. The molecule has 1 aromatic heterocycles. The first-order chi connectivity index (χ1) is 10.2. The molecule has 0 saturated heterocycles. The van der Waals surface area contributed by atoms with Crippen LogP contribution in [0.3, 0.4) is 0 Å². The van der Waals surface area contributed by atoms with Gasteiger partial charge in [0.05, 0.1) is 11.8 Å². The molecule has 22 heavy (non-hydrogen) atoms. The Hall–Kier alpha value is -2.17. The van der Waals surface area contributed by atoms with Crippen LogP contribution in [0.5, 0.6) is 5.75 Å². The van der Waals surface area contributed by atoms with Crippen LogP contribution in [0, 0.1) is 5.82 Å². The minimum Gasteiger partial charge on any atom is -0.481 e. The minimum absolute atomic E-state index is 0.0474. The molecule has 0 bridgehead atoms. The highest BCUT2D eigenvalue weighted by Crippen LogP contribution is 2.27. The van der Waals surface area contributed by atoms with Crippen LogP contribution in [0.25, 0.3) is 0 Å². The molecule has 0 aliphatic carbocycles. The monoisotopic (exact) mass is 305 g/mol. The molecule has 1 aromatic carbocycles. The summed E-state index contributed by atoms with van der Waals surface area (Å²) in [6.07, 6.45) is 1.22. The van der Waals surface area contributed by atoms with E-state index in [1.807, 2.05) is 20.8 Å². The number of oxazole rings is 1. The van der Waals surface area contributed by atoms with E-state index in [1.165, 1.54) is 19.1 Å². The summed E-state index contributed by atoms with van der Waals surface area (Å²) in [5, 5.41) is 0. The van der Waals surface area contributed by atoms with E-state index in [0.29, 0.717) is 11.6 Å². The van der Waals surface area contributed by atoms with Crippen LogP contribution >= 0.6 is 0 Å². The molecule has 2 aromatic rings. The van der Waals surface area contributed by atoms with Gasteiger partial charge in [0, 0.05) is 11.5 Å². The van der Waals surface area contributed by atoms with Crippen LogP contribution in [0.15, 0.2) is 28.8 Å². The quantitative estimate of drug-likeness (QED) is 0.783. The molecule has 0 aliphatic rings. The molecule has 0 amide bonds. The van der Waals surface area contributed by atoms with Crippen molar-refractivity contribution in [3.63, 3.8) is 0 Å². The summed E-state index contributed by atoms with van der Waals surface area (Å²) in [5.74, 6) is 0.599. The maximum atomic E-state index is 13.8. The molecule has 5 heteroatoms. The minimum atomic E-state index is -0.597. The van der Waals surface area contributed by atoms with Gasteiger partial charge in [-0.25, -0.2) is 9.37 Å².